The summed E-state index contributed by atoms with van der Waals surface area (Å²) in [6, 6.07) is 8.91. The summed E-state index contributed by atoms with van der Waals surface area (Å²) in [6.45, 7) is 6.44. The van der Waals surface area contributed by atoms with Crippen LogP contribution >= 0.6 is 11.6 Å². The zero-order valence-corrected chi connectivity index (χ0v) is 20.4. The molecule has 0 aromatic heterocycles. The van der Waals surface area contributed by atoms with Gasteiger partial charge in [0.1, 0.15) is 23.2 Å². The van der Waals surface area contributed by atoms with E-state index >= 15 is 0 Å². The number of aliphatic carboxylic acids is 1. The Bertz CT molecular complexity index is 1160. The molecule has 4 rings (SSSR count). The number of benzene rings is 2. The fraction of sp³-hybridized carbons (Fsp3) is 0.423. The maximum absolute atomic E-state index is 12.9. The van der Waals surface area contributed by atoms with Crippen LogP contribution in [0.1, 0.15) is 55.0 Å². The molecule has 0 saturated carbocycles. The first-order valence-electron chi connectivity index (χ1n) is 11.6. The summed E-state index contributed by atoms with van der Waals surface area (Å²) < 4.78 is 49.4. The summed E-state index contributed by atoms with van der Waals surface area (Å²) in [4.78, 5) is 13.3. The Kier molecular flexibility index (Phi) is 7.28. The molecule has 2 aromatic rings. The summed E-state index contributed by atoms with van der Waals surface area (Å²) in [5.74, 6) is -0.938. The topological polar surface area (TPSA) is 79.2 Å². The summed E-state index contributed by atoms with van der Waals surface area (Å²) >= 11 is 6.08. The molecule has 6 nitrogen and oxygen atoms in total. The van der Waals surface area contributed by atoms with Crippen LogP contribution in [0.15, 0.2) is 48.6 Å². The standard InChI is InChI=1S/C26H27ClF3NO5/c1-15(24(33)34)23(32)18-4-3-17-7-8-25(35-22(17)13-18)9-11-31(12-10-25)16(2)20-14-19(27)5-6-21(20)36-26(28,29)30/h3-6,13-14,16,23,32H,1,7-12H2,2H3,(H,33,34)/t16-,23+/m0/s1. The Morgan fingerprint density at radius 1 is 1.19 bits per heavy atom. The molecule has 2 N–H and O–H groups in total. The Labute approximate surface area is 211 Å². The van der Waals surface area contributed by atoms with Crippen LogP contribution in [-0.4, -0.2) is 46.1 Å². The lowest BCUT2D eigenvalue weighted by Gasteiger charge is -2.46. The smallest absolute Gasteiger partial charge is 0.487 e. The highest BCUT2D eigenvalue weighted by Gasteiger charge is 2.41. The molecular formula is C26H27ClF3NO5. The van der Waals surface area contributed by atoms with Crippen LogP contribution in [0, 0.1) is 0 Å². The molecule has 2 heterocycles. The molecule has 1 saturated heterocycles. The van der Waals surface area contributed by atoms with Crippen molar-refractivity contribution in [3.8, 4) is 11.5 Å². The lowest BCUT2D eigenvalue weighted by atomic mass is 9.82. The van der Waals surface area contributed by atoms with Crippen molar-refractivity contribution in [2.24, 2.45) is 0 Å². The van der Waals surface area contributed by atoms with Crippen LogP contribution < -0.4 is 9.47 Å². The van der Waals surface area contributed by atoms with E-state index in [0.717, 1.165) is 18.4 Å². The van der Waals surface area contributed by atoms with Gasteiger partial charge in [-0.3, -0.25) is 4.90 Å². The number of carboxylic acid groups (broad SMARTS) is 1. The Morgan fingerprint density at radius 2 is 1.89 bits per heavy atom. The number of nitrogens with zero attached hydrogens (tertiary/aromatic N) is 1. The third kappa shape index (κ3) is 5.63. The minimum atomic E-state index is -4.80. The number of aliphatic hydroxyl groups is 1. The van der Waals surface area contributed by atoms with Gasteiger partial charge in [-0.2, -0.15) is 0 Å². The van der Waals surface area contributed by atoms with Gasteiger partial charge in [-0.1, -0.05) is 30.3 Å². The van der Waals surface area contributed by atoms with Crippen molar-refractivity contribution in [3.63, 3.8) is 0 Å². The van der Waals surface area contributed by atoms with Crippen molar-refractivity contribution in [2.75, 3.05) is 13.1 Å². The van der Waals surface area contributed by atoms with Crippen molar-refractivity contribution >= 4 is 17.6 Å². The van der Waals surface area contributed by atoms with Gasteiger partial charge < -0.3 is 19.7 Å². The third-order valence-electron chi connectivity index (χ3n) is 7.09. The number of fused-ring (bicyclic) bond motifs is 1. The van der Waals surface area contributed by atoms with Crippen molar-refractivity contribution in [1.82, 2.24) is 4.90 Å². The molecule has 0 radical (unpaired) electrons. The van der Waals surface area contributed by atoms with E-state index in [4.69, 9.17) is 21.4 Å². The molecule has 194 valence electrons. The zero-order chi connectivity index (χ0) is 26.3. The first-order valence-corrected chi connectivity index (χ1v) is 12.0. The largest absolute Gasteiger partial charge is 0.573 e. The van der Waals surface area contributed by atoms with Crippen molar-refractivity contribution in [2.45, 2.75) is 56.7 Å². The maximum Gasteiger partial charge on any atom is 0.573 e. The second-order valence-corrected chi connectivity index (χ2v) is 9.76. The molecule has 2 atom stereocenters. The summed E-state index contributed by atoms with van der Waals surface area (Å²) in [7, 11) is 0. The predicted octanol–water partition coefficient (Wildman–Crippen LogP) is 5.83. The van der Waals surface area contributed by atoms with E-state index in [9.17, 15) is 23.1 Å². The second-order valence-electron chi connectivity index (χ2n) is 9.33. The highest BCUT2D eigenvalue weighted by molar-refractivity contribution is 6.30. The summed E-state index contributed by atoms with van der Waals surface area (Å²) in [5.41, 5.74) is 0.959. The molecule has 2 aromatic carbocycles. The van der Waals surface area contributed by atoms with E-state index in [2.05, 4.69) is 16.2 Å². The zero-order valence-electron chi connectivity index (χ0n) is 19.6. The number of hydrogen-bond donors (Lipinski definition) is 2. The molecule has 1 spiro atoms. The number of ether oxygens (including phenoxy) is 2. The van der Waals surface area contributed by atoms with Gasteiger partial charge in [-0.25, -0.2) is 4.79 Å². The van der Waals surface area contributed by atoms with E-state index in [0.29, 0.717) is 47.8 Å². The third-order valence-corrected chi connectivity index (χ3v) is 7.33. The van der Waals surface area contributed by atoms with Crippen LogP contribution in [0.4, 0.5) is 13.2 Å². The van der Waals surface area contributed by atoms with Gasteiger partial charge in [0.25, 0.3) is 0 Å². The van der Waals surface area contributed by atoms with E-state index in [-0.39, 0.29) is 17.4 Å². The summed E-state index contributed by atoms with van der Waals surface area (Å²) in [6.07, 6.45) is -3.29. The second kappa shape index (κ2) is 9.95. The van der Waals surface area contributed by atoms with Crippen molar-refractivity contribution < 1.29 is 37.7 Å². The van der Waals surface area contributed by atoms with E-state index in [1.807, 2.05) is 13.0 Å². The number of likely N-dealkylation sites (tertiary alicyclic amines) is 1. The predicted molar refractivity (Wildman–Crippen MR) is 127 cm³/mol. The Morgan fingerprint density at radius 3 is 2.53 bits per heavy atom. The number of aliphatic hydroxyl groups excluding tert-OH is 1. The first-order chi connectivity index (χ1) is 16.9. The van der Waals surface area contributed by atoms with E-state index < -0.39 is 24.0 Å². The lowest BCUT2D eigenvalue weighted by molar-refractivity contribution is -0.275. The van der Waals surface area contributed by atoms with Crippen molar-refractivity contribution in [3.05, 3.63) is 70.3 Å². The quantitative estimate of drug-likeness (QED) is 0.462. The lowest BCUT2D eigenvalue weighted by Crippen LogP contribution is -2.50. The first kappa shape index (κ1) is 26.3. The molecule has 36 heavy (non-hydrogen) atoms. The van der Waals surface area contributed by atoms with Gasteiger partial charge in [0.05, 0.1) is 5.57 Å². The number of aryl methyl sites for hydroxylation is 1. The number of carbonyl (C=O) groups is 1. The highest BCUT2D eigenvalue weighted by atomic mass is 35.5. The molecule has 2 aliphatic rings. The number of alkyl halides is 3. The monoisotopic (exact) mass is 525 g/mol. The van der Waals surface area contributed by atoms with Crippen LogP contribution in [0.3, 0.4) is 0 Å². The van der Waals surface area contributed by atoms with Crippen LogP contribution in [0.5, 0.6) is 11.5 Å². The number of hydrogen-bond acceptors (Lipinski definition) is 5. The minimum Gasteiger partial charge on any atom is -0.487 e. The van der Waals surface area contributed by atoms with Gasteiger partial charge >= 0.3 is 12.3 Å². The van der Waals surface area contributed by atoms with Crippen LogP contribution in [-0.2, 0) is 11.2 Å². The maximum atomic E-state index is 12.9. The molecule has 10 heteroatoms. The molecule has 1 fully saturated rings. The Balaban J connectivity index is 1.47. The fourth-order valence-corrected chi connectivity index (χ4v) is 5.12. The van der Waals surface area contributed by atoms with Gasteiger partial charge in [-0.05, 0) is 68.0 Å². The number of carboxylic acids is 1. The average Bonchev–Trinajstić information content (AvgIpc) is 2.83. The molecular weight excluding hydrogens is 499 g/mol. The van der Waals surface area contributed by atoms with Gasteiger partial charge in [-0.15, -0.1) is 13.2 Å². The number of rotatable bonds is 6. The normalized spacial score (nSPS) is 19.2. The average molecular weight is 526 g/mol. The SMILES string of the molecule is C=C(C(=O)O)[C@@H](O)c1ccc2c(c1)OC1(CC2)CCN([C@@H](C)c2cc(Cl)ccc2OC(F)(F)F)CC1. The molecule has 0 bridgehead atoms. The Hall–Kier alpha value is -2.75. The van der Waals surface area contributed by atoms with Gasteiger partial charge in [0.15, 0.2) is 0 Å². The fourth-order valence-electron chi connectivity index (χ4n) is 4.94. The van der Waals surface area contributed by atoms with Crippen LogP contribution in [0.25, 0.3) is 0 Å². The van der Waals surface area contributed by atoms with E-state index in [1.54, 1.807) is 12.1 Å². The van der Waals surface area contributed by atoms with E-state index in [1.165, 1.54) is 18.2 Å². The molecule has 0 aliphatic carbocycles. The van der Waals surface area contributed by atoms with Gasteiger partial charge in [0.2, 0.25) is 0 Å². The minimum absolute atomic E-state index is 0.267. The van der Waals surface area contributed by atoms with Gasteiger partial charge in [0, 0.05) is 29.7 Å². The summed E-state index contributed by atoms with van der Waals surface area (Å²) in [5, 5.41) is 19.8. The molecule has 0 amide bonds. The van der Waals surface area contributed by atoms with Crippen molar-refractivity contribution in [1.29, 1.82) is 0 Å². The molecule has 2 aliphatic heterocycles. The number of piperidine rings is 1. The van der Waals surface area contributed by atoms with Crippen LogP contribution in [0.2, 0.25) is 5.02 Å². The number of halogens is 4. The molecule has 0 unspecified atom stereocenters. The highest BCUT2D eigenvalue weighted by Crippen LogP contribution is 2.43.